The number of fused-ring (bicyclic) bond motifs is 1. The minimum atomic E-state index is -0.414. The van der Waals surface area contributed by atoms with Crippen LogP contribution in [0.5, 0.6) is 0 Å². The molecule has 138 valence electrons. The Kier molecular flexibility index (Phi) is 3.29. The summed E-state index contributed by atoms with van der Waals surface area (Å²) in [6.45, 7) is 0. The van der Waals surface area contributed by atoms with Crippen LogP contribution in [0.25, 0.3) is 44.7 Å². The summed E-state index contributed by atoms with van der Waals surface area (Å²) in [4.78, 5) is 13.1. The van der Waals surface area contributed by atoms with Crippen molar-refractivity contribution in [3.05, 3.63) is 102 Å². The Morgan fingerprint density at radius 2 is 1.24 bits per heavy atom. The van der Waals surface area contributed by atoms with Gasteiger partial charge in [0.2, 0.25) is 5.28 Å². The molecule has 0 radical (unpaired) electrons. The largest absolute Gasteiger partial charge is 0.226 e. The van der Waals surface area contributed by atoms with Crippen molar-refractivity contribution in [2.45, 2.75) is 0 Å². The molecule has 0 amide bonds. The zero-order valence-corrected chi connectivity index (χ0v) is 15.8. The van der Waals surface area contributed by atoms with Gasteiger partial charge in [-0.25, -0.2) is 4.98 Å². The third kappa shape index (κ3) is 3.60. The molecule has 1 aromatic heterocycles. The number of hydrogen-bond donors (Lipinski definition) is 0. The van der Waals surface area contributed by atoms with E-state index in [2.05, 4.69) is 15.0 Å². The molecule has 3 nitrogen and oxygen atoms in total. The van der Waals surface area contributed by atoms with Gasteiger partial charge in [-0.3, -0.25) is 0 Å². The summed E-state index contributed by atoms with van der Waals surface area (Å²) in [5.41, 5.74) is 2.22. The first kappa shape index (κ1) is 12.8. The molecule has 4 aromatic carbocycles. The van der Waals surface area contributed by atoms with Crippen molar-refractivity contribution in [2.75, 3.05) is 0 Å². The van der Waals surface area contributed by atoms with Crippen LogP contribution in [0.2, 0.25) is 5.28 Å². The van der Waals surface area contributed by atoms with Gasteiger partial charge in [0.1, 0.15) is 0 Å². The van der Waals surface area contributed by atoms with Crippen LogP contribution in [0.3, 0.4) is 0 Å². The van der Waals surface area contributed by atoms with E-state index in [1.165, 1.54) is 0 Å². The van der Waals surface area contributed by atoms with Gasteiger partial charge in [0.25, 0.3) is 0 Å². The predicted molar refractivity (Wildman–Crippen MR) is 119 cm³/mol. The number of aromatic nitrogens is 3. The average molecular weight is 399 g/mol. The molecule has 0 fully saturated rings. The third-order valence-electron chi connectivity index (χ3n) is 4.53. The quantitative estimate of drug-likeness (QED) is 0.340. The third-order valence-corrected chi connectivity index (χ3v) is 4.70. The Bertz CT molecular complexity index is 1550. The van der Waals surface area contributed by atoms with E-state index >= 15 is 0 Å². The first-order chi connectivity index (χ1) is 16.3. The molecule has 0 saturated carbocycles. The van der Waals surface area contributed by atoms with Crippen LogP contribution in [0.1, 0.15) is 6.85 Å². The minimum Gasteiger partial charge on any atom is -0.208 e. The summed E-state index contributed by atoms with van der Waals surface area (Å²) in [6, 6.07) is 18.9. The molecule has 0 spiro atoms. The van der Waals surface area contributed by atoms with Crippen LogP contribution in [0, 0.1) is 0 Å². The Balaban J connectivity index is 1.65. The maximum Gasteiger partial charge on any atom is 0.226 e. The number of benzene rings is 4. The van der Waals surface area contributed by atoms with Crippen molar-refractivity contribution in [3.8, 4) is 33.9 Å². The van der Waals surface area contributed by atoms with Gasteiger partial charge in [-0.1, -0.05) is 84.8 Å². The van der Waals surface area contributed by atoms with Gasteiger partial charge in [0.05, 0.1) is 6.85 Å². The lowest BCUT2D eigenvalue weighted by molar-refractivity contribution is 1.07. The predicted octanol–water partition coefficient (Wildman–Crippen LogP) is 6.68. The van der Waals surface area contributed by atoms with E-state index in [1.807, 2.05) is 54.6 Å². The highest BCUT2D eigenvalue weighted by atomic mass is 35.5. The number of hydrogen-bond acceptors (Lipinski definition) is 3. The molecule has 0 atom stereocenters. The molecular weight excluding hydrogens is 378 g/mol. The fourth-order valence-corrected chi connectivity index (χ4v) is 3.29. The van der Waals surface area contributed by atoms with Crippen LogP contribution < -0.4 is 0 Å². The van der Waals surface area contributed by atoms with Gasteiger partial charge in [0.15, 0.2) is 11.6 Å². The molecule has 4 heteroatoms. The molecular formula is C25H16ClN3. The Morgan fingerprint density at radius 1 is 0.586 bits per heavy atom. The highest BCUT2D eigenvalue weighted by Crippen LogP contribution is 2.28. The van der Waals surface area contributed by atoms with E-state index in [4.69, 9.17) is 18.5 Å². The van der Waals surface area contributed by atoms with Crippen molar-refractivity contribution < 1.29 is 6.85 Å². The van der Waals surface area contributed by atoms with Gasteiger partial charge in [-0.2, -0.15) is 9.97 Å². The van der Waals surface area contributed by atoms with Crippen LogP contribution in [0.4, 0.5) is 0 Å². The summed E-state index contributed by atoms with van der Waals surface area (Å²) in [6.07, 6.45) is 0. The lowest BCUT2D eigenvalue weighted by atomic mass is 10.00. The molecule has 5 aromatic rings. The van der Waals surface area contributed by atoms with Gasteiger partial charge >= 0.3 is 0 Å². The Hall–Kier alpha value is -3.56. The standard InChI is InChI=1S/C25H16ClN3/c26-25-28-23(19-9-5-2-6-10-19)27-24(29-25)21-14-12-18-11-13-20(15-22(18)16-21)17-7-3-1-4-8-17/h1-16H/i1D,3D,4D,7D,8D. The van der Waals surface area contributed by atoms with E-state index in [0.29, 0.717) is 22.8 Å². The molecule has 29 heavy (non-hydrogen) atoms. The van der Waals surface area contributed by atoms with Crippen LogP contribution >= 0.6 is 11.6 Å². The van der Waals surface area contributed by atoms with Crippen molar-refractivity contribution in [2.24, 2.45) is 0 Å². The molecule has 0 aliphatic carbocycles. The minimum absolute atomic E-state index is 0.0804. The Morgan fingerprint density at radius 3 is 2.00 bits per heavy atom. The van der Waals surface area contributed by atoms with Gasteiger partial charge in [0, 0.05) is 11.1 Å². The topological polar surface area (TPSA) is 38.7 Å². The second-order valence-corrected chi connectivity index (χ2v) is 6.73. The second-order valence-electron chi connectivity index (χ2n) is 6.39. The smallest absolute Gasteiger partial charge is 0.208 e. The van der Waals surface area contributed by atoms with Crippen LogP contribution in [0.15, 0.2) is 96.9 Å². The number of halogens is 1. The highest BCUT2D eigenvalue weighted by molar-refractivity contribution is 6.28. The normalized spacial score (nSPS) is 13.3. The van der Waals surface area contributed by atoms with Crippen molar-refractivity contribution in [3.63, 3.8) is 0 Å². The summed E-state index contributed by atoms with van der Waals surface area (Å²) in [7, 11) is 0. The average Bonchev–Trinajstić information content (AvgIpc) is 2.86. The van der Waals surface area contributed by atoms with Gasteiger partial charge in [-0.15, -0.1) is 0 Å². The first-order valence-electron chi connectivity index (χ1n) is 11.4. The lowest BCUT2D eigenvalue weighted by Crippen LogP contribution is -1.97. The number of nitrogens with zero attached hydrogens (tertiary/aromatic N) is 3. The lowest BCUT2D eigenvalue weighted by Gasteiger charge is -2.08. The second kappa shape index (κ2) is 7.46. The zero-order valence-electron chi connectivity index (χ0n) is 20.1. The zero-order chi connectivity index (χ0) is 24.0. The molecule has 0 N–H and O–H groups in total. The van der Waals surface area contributed by atoms with E-state index in [0.717, 1.165) is 16.3 Å². The van der Waals surface area contributed by atoms with Gasteiger partial charge in [-0.05, 0) is 45.6 Å². The van der Waals surface area contributed by atoms with E-state index in [9.17, 15) is 0 Å². The fourth-order valence-electron chi connectivity index (χ4n) is 3.13. The molecule has 1 heterocycles. The van der Waals surface area contributed by atoms with E-state index < -0.39 is 6.04 Å². The van der Waals surface area contributed by atoms with Crippen LogP contribution in [-0.2, 0) is 0 Å². The SMILES string of the molecule is [2H]c1c([2H])c([2H])c(-c2ccc3ccc(-c4nc(Cl)nc(-c5ccccc5)n4)cc3c2)c([2H])c1[2H]. The molecule has 5 rings (SSSR count). The van der Waals surface area contributed by atoms with Crippen molar-refractivity contribution >= 4 is 22.4 Å². The molecule has 0 aliphatic rings. The summed E-state index contributed by atoms with van der Waals surface area (Å²) in [5.74, 6) is 0.873. The summed E-state index contributed by atoms with van der Waals surface area (Å²) >= 11 is 6.20. The maximum absolute atomic E-state index is 8.27. The number of rotatable bonds is 3. The monoisotopic (exact) mass is 398 g/mol. The van der Waals surface area contributed by atoms with Crippen molar-refractivity contribution in [1.82, 2.24) is 15.0 Å². The van der Waals surface area contributed by atoms with E-state index in [-0.39, 0.29) is 35.0 Å². The molecule has 0 aliphatic heterocycles. The molecule has 0 saturated heterocycles. The first-order valence-corrected chi connectivity index (χ1v) is 9.30. The van der Waals surface area contributed by atoms with Gasteiger partial charge < -0.3 is 0 Å². The van der Waals surface area contributed by atoms with E-state index in [1.54, 1.807) is 12.1 Å². The summed E-state index contributed by atoms with van der Waals surface area (Å²) < 4.78 is 40.3. The Labute approximate surface area is 180 Å². The van der Waals surface area contributed by atoms with Crippen molar-refractivity contribution in [1.29, 1.82) is 0 Å². The highest BCUT2D eigenvalue weighted by Gasteiger charge is 2.10. The maximum atomic E-state index is 8.27. The van der Waals surface area contributed by atoms with Crippen LogP contribution in [-0.4, -0.2) is 15.0 Å². The molecule has 0 unspecified atom stereocenters. The fraction of sp³-hybridized carbons (Fsp3) is 0. The summed E-state index contributed by atoms with van der Waals surface area (Å²) in [5, 5.41) is 1.81. The molecule has 0 bridgehead atoms.